The first kappa shape index (κ1) is 23.7. The van der Waals surface area contributed by atoms with E-state index in [1.807, 2.05) is 37.3 Å². The molecule has 3 aromatic rings. The number of carbonyl (C=O) groups excluding carboxylic acids is 1. The molecule has 8 heteroatoms. The van der Waals surface area contributed by atoms with Crippen molar-refractivity contribution in [2.45, 2.75) is 38.9 Å². The summed E-state index contributed by atoms with van der Waals surface area (Å²) in [5, 5.41) is 9.71. The van der Waals surface area contributed by atoms with E-state index in [2.05, 4.69) is 6.82 Å². The summed E-state index contributed by atoms with van der Waals surface area (Å²) in [4.78, 5) is 25.6. The molecule has 174 valence electrons. The molecule has 0 spiro atoms. The summed E-state index contributed by atoms with van der Waals surface area (Å²) in [6.45, 7) is 4.35. The minimum Gasteiger partial charge on any atom is -0.481 e. The Bertz CT molecular complexity index is 1200. The Morgan fingerprint density at radius 3 is 2.62 bits per heavy atom. The number of carboxylic acids is 1. The molecule has 2 atom stereocenters. The van der Waals surface area contributed by atoms with Crippen molar-refractivity contribution in [2.24, 2.45) is 0 Å². The topological polar surface area (TPSA) is 76.1 Å². The smallest absolute Gasteiger partial charge is 0.411 e. The monoisotopic (exact) mass is 477 g/mol. The van der Waals surface area contributed by atoms with E-state index in [0.29, 0.717) is 28.6 Å². The lowest BCUT2D eigenvalue weighted by Gasteiger charge is -2.23. The van der Waals surface area contributed by atoms with Crippen LogP contribution in [-0.2, 0) is 22.5 Å². The van der Waals surface area contributed by atoms with Gasteiger partial charge in [-0.05, 0) is 48.4 Å². The zero-order chi connectivity index (χ0) is 24.2. The highest BCUT2D eigenvalue weighted by Crippen LogP contribution is 2.35. The number of carboxylic acid groups (broad SMARTS) is 1. The fourth-order valence-electron chi connectivity index (χ4n) is 4.09. The molecule has 1 heterocycles. The van der Waals surface area contributed by atoms with Gasteiger partial charge in [0.1, 0.15) is 17.6 Å². The quantitative estimate of drug-likeness (QED) is 0.465. The molecule has 34 heavy (non-hydrogen) atoms. The fourth-order valence-corrected chi connectivity index (χ4v) is 4.22. The molecule has 0 bridgehead atoms. The van der Waals surface area contributed by atoms with E-state index in [0.717, 1.165) is 23.9 Å². The van der Waals surface area contributed by atoms with Crippen molar-refractivity contribution < 1.29 is 24.2 Å². The lowest BCUT2D eigenvalue weighted by atomic mass is 9.73. The predicted octanol–water partition coefficient (Wildman–Crippen LogP) is 4.95. The van der Waals surface area contributed by atoms with E-state index in [1.165, 1.54) is 0 Å². The van der Waals surface area contributed by atoms with Gasteiger partial charge in [-0.25, -0.2) is 4.79 Å². The Labute approximate surface area is 204 Å². The van der Waals surface area contributed by atoms with Gasteiger partial charge in [-0.15, -0.1) is 0 Å². The van der Waals surface area contributed by atoms with E-state index >= 15 is 0 Å². The summed E-state index contributed by atoms with van der Waals surface area (Å²) in [7, 11) is 0.842. The number of rotatable bonds is 8. The minimum absolute atomic E-state index is 0.0813. The third-order valence-corrected chi connectivity index (χ3v) is 6.20. The number of amides is 1. The molecule has 6 nitrogen and oxygen atoms in total. The zero-order valence-electron chi connectivity index (χ0n) is 19.0. The van der Waals surface area contributed by atoms with Crippen LogP contribution in [0.3, 0.4) is 0 Å². The molecule has 0 saturated carbocycles. The molecule has 0 aliphatic carbocycles. The summed E-state index contributed by atoms with van der Waals surface area (Å²) in [6.07, 6.45) is -0.859. The summed E-state index contributed by atoms with van der Waals surface area (Å²) < 4.78 is 11.8. The summed E-state index contributed by atoms with van der Waals surface area (Å²) in [5.74, 6) is 0.252. The fraction of sp³-hybridized carbons (Fsp3) is 0.231. The highest BCUT2D eigenvalue weighted by Gasteiger charge is 2.40. The van der Waals surface area contributed by atoms with Gasteiger partial charge in [0.15, 0.2) is 7.28 Å². The van der Waals surface area contributed by atoms with Gasteiger partial charge in [0.2, 0.25) is 0 Å². The number of ether oxygens (including phenoxy) is 2. The first-order chi connectivity index (χ1) is 16.3. The van der Waals surface area contributed by atoms with Crippen molar-refractivity contribution >= 4 is 36.4 Å². The minimum atomic E-state index is -0.901. The van der Waals surface area contributed by atoms with Crippen LogP contribution in [0.2, 0.25) is 11.8 Å². The van der Waals surface area contributed by atoms with Crippen LogP contribution in [0.4, 0.5) is 4.79 Å². The summed E-state index contributed by atoms with van der Waals surface area (Å²) >= 11 is 6.01. The third-order valence-electron chi connectivity index (χ3n) is 5.95. The van der Waals surface area contributed by atoms with Crippen molar-refractivity contribution in [2.75, 3.05) is 0 Å². The highest BCUT2D eigenvalue weighted by molar-refractivity contribution is 6.51. The second-order valence-electron chi connectivity index (χ2n) is 8.34. The number of aliphatic carboxylic acids is 1. The van der Waals surface area contributed by atoms with Crippen molar-refractivity contribution in [1.82, 2.24) is 4.90 Å². The summed E-state index contributed by atoms with van der Waals surface area (Å²) in [5.41, 5.74) is 3.51. The van der Waals surface area contributed by atoms with Gasteiger partial charge < -0.3 is 14.6 Å². The van der Waals surface area contributed by atoms with Gasteiger partial charge in [-0.3, -0.25) is 9.69 Å². The molecule has 1 aliphatic rings. The molecule has 1 fully saturated rings. The Morgan fingerprint density at radius 2 is 1.91 bits per heavy atom. The maximum atomic E-state index is 12.8. The standard InChI is InChI=1S/C26H25BClNO5/c1-16-25(18-6-9-21(28)10-7-18)34-26(32)29(16)15-19-14-20(27-2)8-11-23(19)33-22-5-3-4-17(12-22)13-24(30)31/h3-12,14,16,25,27H,13,15H2,1-2H3,(H,30,31)/t16-,25-/m0/s1. The number of hydrogen-bond acceptors (Lipinski definition) is 4. The predicted molar refractivity (Wildman–Crippen MR) is 133 cm³/mol. The lowest BCUT2D eigenvalue weighted by molar-refractivity contribution is -0.136. The van der Waals surface area contributed by atoms with Gasteiger partial charge in [0.25, 0.3) is 0 Å². The van der Waals surface area contributed by atoms with Gasteiger partial charge >= 0.3 is 12.1 Å². The number of hydrogen-bond donors (Lipinski definition) is 1. The Morgan fingerprint density at radius 1 is 1.15 bits per heavy atom. The Kier molecular flexibility index (Phi) is 7.13. The van der Waals surface area contributed by atoms with E-state index < -0.39 is 12.1 Å². The molecule has 0 unspecified atom stereocenters. The molecule has 1 amide bonds. The van der Waals surface area contributed by atoms with Crippen LogP contribution in [-0.4, -0.2) is 35.4 Å². The number of benzene rings is 3. The molecule has 0 aromatic heterocycles. The van der Waals surface area contributed by atoms with Crippen molar-refractivity contribution in [3.8, 4) is 11.5 Å². The lowest BCUT2D eigenvalue weighted by Crippen LogP contribution is -2.32. The molecule has 4 rings (SSSR count). The molecular weight excluding hydrogens is 453 g/mol. The van der Waals surface area contributed by atoms with Crippen LogP contribution in [0.1, 0.15) is 29.7 Å². The molecule has 1 aliphatic heterocycles. The van der Waals surface area contributed by atoms with Crippen LogP contribution >= 0.6 is 11.6 Å². The maximum Gasteiger partial charge on any atom is 0.411 e. The third kappa shape index (κ3) is 5.37. The number of halogens is 1. The molecule has 1 saturated heterocycles. The SMILES string of the molecule is CBc1ccc(Oc2cccc(CC(=O)O)c2)c(CN2C(=O)O[C@H](c3ccc(Cl)cc3)[C@@H]2C)c1. The van der Waals surface area contributed by atoms with Crippen molar-refractivity contribution in [1.29, 1.82) is 0 Å². The van der Waals surface area contributed by atoms with E-state index in [9.17, 15) is 9.59 Å². The maximum absolute atomic E-state index is 12.8. The normalized spacial score (nSPS) is 17.4. The second kappa shape index (κ2) is 10.2. The highest BCUT2D eigenvalue weighted by atomic mass is 35.5. The number of carbonyl (C=O) groups is 2. The van der Waals surface area contributed by atoms with Crippen LogP contribution < -0.4 is 10.2 Å². The largest absolute Gasteiger partial charge is 0.481 e. The average molecular weight is 478 g/mol. The van der Waals surface area contributed by atoms with Crippen molar-refractivity contribution in [3.63, 3.8) is 0 Å². The van der Waals surface area contributed by atoms with Gasteiger partial charge in [-0.1, -0.05) is 60.3 Å². The average Bonchev–Trinajstić information content (AvgIpc) is 3.09. The van der Waals surface area contributed by atoms with Gasteiger partial charge in [0.05, 0.1) is 19.0 Å². The first-order valence-electron chi connectivity index (χ1n) is 11.2. The van der Waals surface area contributed by atoms with Crippen LogP contribution in [0.25, 0.3) is 0 Å². The molecule has 0 radical (unpaired) electrons. The van der Waals surface area contributed by atoms with Crippen LogP contribution in [0.5, 0.6) is 11.5 Å². The van der Waals surface area contributed by atoms with E-state index in [1.54, 1.807) is 41.3 Å². The van der Waals surface area contributed by atoms with Crippen LogP contribution in [0.15, 0.2) is 66.7 Å². The van der Waals surface area contributed by atoms with E-state index in [-0.39, 0.29) is 18.6 Å². The van der Waals surface area contributed by atoms with Crippen LogP contribution in [0, 0.1) is 0 Å². The molecule has 3 aromatic carbocycles. The zero-order valence-corrected chi connectivity index (χ0v) is 19.8. The van der Waals surface area contributed by atoms with Gasteiger partial charge in [-0.2, -0.15) is 0 Å². The molecular formula is C26H25BClNO5. The summed E-state index contributed by atoms with van der Waals surface area (Å²) in [6, 6.07) is 20.1. The molecule has 1 N–H and O–H groups in total. The number of cyclic esters (lactones) is 1. The van der Waals surface area contributed by atoms with Gasteiger partial charge in [0, 0.05) is 10.6 Å². The van der Waals surface area contributed by atoms with E-state index in [4.69, 9.17) is 26.2 Å². The van der Waals surface area contributed by atoms with Crippen molar-refractivity contribution in [3.05, 3.63) is 88.4 Å². The second-order valence-corrected chi connectivity index (χ2v) is 8.78. The first-order valence-corrected chi connectivity index (χ1v) is 11.5. The Balaban J connectivity index is 1.58. The Hall–Kier alpha value is -3.45. The number of nitrogens with zero attached hydrogens (tertiary/aromatic N) is 1.